The van der Waals surface area contributed by atoms with Crippen LogP contribution in [0.25, 0.3) is 0 Å². The van der Waals surface area contributed by atoms with Gasteiger partial charge in [0.1, 0.15) is 0 Å². The van der Waals surface area contributed by atoms with Gasteiger partial charge >= 0.3 is 0 Å². The van der Waals surface area contributed by atoms with Crippen molar-refractivity contribution in [2.45, 2.75) is 44.2 Å². The van der Waals surface area contributed by atoms with Gasteiger partial charge in [-0.05, 0) is 24.3 Å². The van der Waals surface area contributed by atoms with Crippen LogP contribution in [0.1, 0.15) is 43.7 Å². The normalized spacial score (nSPS) is 21.6. The van der Waals surface area contributed by atoms with Crippen LogP contribution in [0.3, 0.4) is 0 Å². The maximum atomic E-state index is 6.30. The summed E-state index contributed by atoms with van der Waals surface area (Å²) in [6, 6.07) is 10.3. The first-order valence-corrected chi connectivity index (χ1v) is 6.35. The zero-order chi connectivity index (χ0) is 11.4. The molecule has 2 rings (SSSR count). The molecule has 1 aromatic carbocycles. The average Bonchev–Trinajstić information content (AvgIpc) is 2.39. The van der Waals surface area contributed by atoms with Gasteiger partial charge in [0.25, 0.3) is 0 Å². The molecule has 1 saturated carbocycles. The predicted octanol–water partition coefficient (Wildman–Crippen LogP) is 2.59. The lowest BCUT2D eigenvalue weighted by atomic mass is 9.80. The lowest BCUT2D eigenvalue weighted by Crippen LogP contribution is -2.41. The third-order valence-corrected chi connectivity index (χ3v) is 3.79. The van der Waals surface area contributed by atoms with Crippen molar-refractivity contribution in [1.82, 2.24) is 0 Å². The van der Waals surface area contributed by atoms with E-state index in [0.717, 1.165) is 0 Å². The van der Waals surface area contributed by atoms with Crippen molar-refractivity contribution in [1.29, 1.82) is 0 Å². The van der Waals surface area contributed by atoms with Crippen LogP contribution in [-0.4, -0.2) is 6.04 Å². The van der Waals surface area contributed by atoms with Crippen LogP contribution in [0, 0.1) is 5.92 Å². The van der Waals surface area contributed by atoms with E-state index in [2.05, 4.69) is 12.1 Å². The quantitative estimate of drug-likeness (QED) is 0.819. The summed E-state index contributed by atoms with van der Waals surface area (Å²) in [5.74, 6) is 0.615. The minimum atomic E-state index is -0.00991. The van der Waals surface area contributed by atoms with E-state index in [9.17, 15) is 0 Å². The minimum Gasteiger partial charge on any atom is -0.326 e. The monoisotopic (exact) mass is 218 g/mol. The fraction of sp³-hybridized carbons (Fsp3) is 0.571. The van der Waals surface area contributed by atoms with E-state index >= 15 is 0 Å². The standard InChI is InChI=1S/C14H22N2/c15-13(11-7-3-1-4-8-11)14(16)12-9-5-2-6-10-12/h1,3-4,7-8,12-14H,2,5-6,9-10,15-16H2. The third kappa shape index (κ3) is 2.63. The predicted molar refractivity (Wildman–Crippen MR) is 67.9 cm³/mol. The van der Waals surface area contributed by atoms with E-state index in [-0.39, 0.29) is 12.1 Å². The zero-order valence-corrected chi connectivity index (χ0v) is 9.81. The topological polar surface area (TPSA) is 52.0 Å². The molecule has 0 saturated heterocycles. The number of hydrogen-bond donors (Lipinski definition) is 2. The summed E-state index contributed by atoms with van der Waals surface area (Å²) in [5.41, 5.74) is 13.7. The van der Waals surface area contributed by atoms with E-state index in [0.29, 0.717) is 5.92 Å². The zero-order valence-electron chi connectivity index (χ0n) is 9.81. The molecule has 0 radical (unpaired) electrons. The van der Waals surface area contributed by atoms with Crippen molar-refractivity contribution < 1.29 is 0 Å². The molecule has 0 amide bonds. The van der Waals surface area contributed by atoms with E-state index in [1.165, 1.54) is 37.7 Å². The van der Waals surface area contributed by atoms with Crippen molar-refractivity contribution in [3.8, 4) is 0 Å². The fourth-order valence-corrected chi connectivity index (χ4v) is 2.71. The molecular weight excluding hydrogens is 196 g/mol. The molecule has 1 aliphatic carbocycles. The summed E-state index contributed by atoms with van der Waals surface area (Å²) >= 11 is 0. The molecule has 0 heterocycles. The fourth-order valence-electron chi connectivity index (χ4n) is 2.71. The van der Waals surface area contributed by atoms with Crippen LogP contribution in [0.15, 0.2) is 30.3 Å². The molecule has 1 aromatic rings. The van der Waals surface area contributed by atoms with Crippen molar-refractivity contribution in [2.75, 3.05) is 0 Å². The highest BCUT2D eigenvalue weighted by molar-refractivity contribution is 5.20. The van der Waals surface area contributed by atoms with Gasteiger partial charge in [0.05, 0.1) is 0 Å². The van der Waals surface area contributed by atoms with Gasteiger partial charge in [-0.2, -0.15) is 0 Å². The molecule has 0 spiro atoms. The van der Waals surface area contributed by atoms with Gasteiger partial charge in [-0.25, -0.2) is 0 Å². The first-order chi connectivity index (χ1) is 7.79. The second-order valence-electron chi connectivity index (χ2n) is 4.91. The molecule has 88 valence electrons. The maximum Gasteiger partial charge on any atom is 0.0451 e. The van der Waals surface area contributed by atoms with Crippen molar-refractivity contribution >= 4 is 0 Å². The summed E-state index contributed by atoms with van der Waals surface area (Å²) in [6.45, 7) is 0. The van der Waals surface area contributed by atoms with Gasteiger partial charge in [-0.15, -0.1) is 0 Å². The molecule has 0 aromatic heterocycles. The molecule has 1 aliphatic rings. The minimum absolute atomic E-state index is 0.00991. The molecule has 2 unspecified atom stereocenters. The Balaban J connectivity index is 2.00. The maximum absolute atomic E-state index is 6.30. The van der Waals surface area contributed by atoms with Crippen molar-refractivity contribution in [3.63, 3.8) is 0 Å². The molecule has 1 fully saturated rings. The Morgan fingerprint density at radius 1 is 0.938 bits per heavy atom. The van der Waals surface area contributed by atoms with Crippen LogP contribution in [0.4, 0.5) is 0 Å². The van der Waals surface area contributed by atoms with Crippen LogP contribution >= 0.6 is 0 Å². The van der Waals surface area contributed by atoms with Gasteiger partial charge in [-0.1, -0.05) is 49.6 Å². The highest BCUT2D eigenvalue weighted by Crippen LogP contribution is 2.30. The second-order valence-corrected chi connectivity index (χ2v) is 4.91. The van der Waals surface area contributed by atoms with Gasteiger partial charge in [0.15, 0.2) is 0 Å². The Morgan fingerprint density at radius 3 is 2.19 bits per heavy atom. The van der Waals surface area contributed by atoms with E-state index < -0.39 is 0 Å². The van der Waals surface area contributed by atoms with Gasteiger partial charge in [-0.3, -0.25) is 0 Å². The largest absolute Gasteiger partial charge is 0.326 e. The lowest BCUT2D eigenvalue weighted by Gasteiger charge is -2.31. The lowest BCUT2D eigenvalue weighted by molar-refractivity contribution is 0.279. The van der Waals surface area contributed by atoms with Gasteiger partial charge < -0.3 is 11.5 Å². The summed E-state index contributed by atoms with van der Waals surface area (Å²) in [5, 5.41) is 0. The molecule has 4 N–H and O–H groups in total. The molecule has 0 bridgehead atoms. The van der Waals surface area contributed by atoms with Crippen LogP contribution in [0.2, 0.25) is 0 Å². The van der Waals surface area contributed by atoms with Crippen molar-refractivity contribution in [3.05, 3.63) is 35.9 Å². The van der Waals surface area contributed by atoms with Crippen molar-refractivity contribution in [2.24, 2.45) is 17.4 Å². The molecule has 16 heavy (non-hydrogen) atoms. The first kappa shape index (κ1) is 11.6. The third-order valence-electron chi connectivity index (χ3n) is 3.79. The Kier molecular flexibility index (Phi) is 3.97. The Morgan fingerprint density at radius 2 is 1.56 bits per heavy atom. The number of nitrogens with two attached hydrogens (primary N) is 2. The molecule has 2 atom stereocenters. The molecule has 0 aliphatic heterocycles. The Bertz CT molecular complexity index is 304. The van der Waals surface area contributed by atoms with Gasteiger partial charge in [0.2, 0.25) is 0 Å². The number of benzene rings is 1. The average molecular weight is 218 g/mol. The summed E-state index contributed by atoms with van der Waals surface area (Å²) < 4.78 is 0. The summed E-state index contributed by atoms with van der Waals surface area (Å²) in [4.78, 5) is 0. The van der Waals surface area contributed by atoms with Gasteiger partial charge in [0, 0.05) is 12.1 Å². The van der Waals surface area contributed by atoms with Crippen LogP contribution in [0.5, 0.6) is 0 Å². The second kappa shape index (κ2) is 5.46. The summed E-state index contributed by atoms with van der Waals surface area (Å²) in [6.07, 6.45) is 6.51. The molecular formula is C14H22N2. The smallest absolute Gasteiger partial charge is 0.0451 e. The van der Waals surface area contributed by atoms with E-state index in [4.69, 9.17) is 11.5 Å². The molecule has 2 heteroatoms. The highest BCUT2D eigenvalue weighted by Gasteiger charge is 2.25. The van der Waals surface area contributed by atoms with E-state index in [1.807, 2.05) is 18.2 Å². The first-order valence-electron chi connectivity index (χ1n) is 6.35. The Labute approximate surface area is 98.0 Å². The SMILES string of the molecule is NC(c1ccccc1)C(N)C1CCCCC1. The van der Waals surface area contributed by atoms with Crippen LogP contribution in [-0.2, 0) is 0 Å². The highest BCUT2D eigenvalue weighted by atomic mass is 14.8. The summed E-state index contributed by atoms with van der Waals surface area (Å²) in [7, 11) is 0. The van der Waals surface area contributed by atoms with Crippen LogP contribution < -0.4 is 11.5 Å². The van der Waals surface area contributed by atoms with E-state index in [1.54, 1.807) is 0 Å². The molecule has 2 nitrogen and oxygen atoms in total. The Hall–Kier alpha value is -0.860. The number of hydrogen-bond acceptors (Lipinski definition) is 2. The number of rotatable bonds is 3.